The number of ether oxygens (including phenoxy) is 2. The normalized spacial score (nSPS) is 10.9. The van der Waals surface area contributed by atoms with Crippen molar-refractivity contribution in [2.75, 3.05) is 6.61 Å². The Kier molecular flexibility index (Phi) is 8.12. The van der Waals surface area contributed by atoms with Gasteiger partial charge in [-0.25, -0.2) is 9.18 Å². The summed E-state index contributed by atoms with van der Waals surface area (Å²) in [6.45, 7) is 2.79. The van der Waals surface area contributed by atoms with Gasteiger partial charge in [0.05, 0.1) is 22.9 Å². The summed E-state index contributed by atoms with van der Waals surface area (Å²) in [4.78, 5) is 12.4. The fourth-order valence-corrected chi connectivity index (χ4v) is 2.86. The highest BCUT2D eigenvalue weighted by molar-refractivity contribution is 6.33. The lowest BCUT2D eigenvalue weighted by Gasteiger charge is -2.08. The van der Waals surface area contributed by atoms with Crippen LogP contribution in [0.5, 0.6) is 11.5 Å². The second-order valence-corrected chi connectivity index (χ2v) is 7.17. The van der Waals surface area contributed by atoms with Gasteiger partial charge in [0.2, 0.25) is 0 Å². The molecular weight excluding hydrogens is 419 g/mol. The maximum absolute atomic E-state index is 12.9. The number of azo groups is 1. The largest absolute Gasteiger partial charge is 0.494 e. The van der Waals surface area contributed by atoms with Crippen LogP contribution in [-0.2, 0) is 0 Å². The first-order valence-corrected chi connectivity index (χ1v) is 10.3. The van der Waals surface area contributed by atoms with Gasteiger partial charge in [0.1, 0.15) is 23.0 Å². The summed E-state index contributed by atoms with van der Waals surface area (Å²) in [7, 11) is 0. The average molecular weight is 441 g/mol. The number of benzene rings is 3. The summed E-state index contributed by atoms with van der Waals surface area (Å²) in [6, 6.07) is 17.1. The zero-order valence-corrected chi connectivity index (χ0v) is 17.8. The van der Waals surface area contributed by atoms with Gasteiger partial charge in [0.25, 0.3) is 0 Å². The molecular formula is C24H22ClFN2O3. The highest BCUT2D eigenvalue weighted by Crippen LogP contribution is 2.31. The van der Waals surface area contributed by atoms with Crippen LogP contribution in [0.25, 0.3) is 0 Å². The molecule has 0 saturated heterocycles. The summed E-state index contributed by atoms with van der Waals surface area (Å²) in [5.74, 6) is 0.147. The molecule has 0 aromatic heterocycles. The van der Waals surface area contributed by atoms with E-state index >= 15 is 0 Å². The summed E-state index contributed by atoms with van der Waals surface area (Å²) in [5.41, 5.74) is 1.29. The molecule has 0 aliphatic rings. The Hall–Kier alpha value is -3.25. The van der Waals surface area contributed by atoms with E-state index in [9.17, 15) is 9.18 Å². The number of unbranched alkanes of at least 4 members (excludes halogenated alkanes) is 2. The van der Waals surface area contributed by atoms with Gasteiger partial charge in [-0.15, -0.1) is 5.11 Å². The predicted octanol–water partition coefficient (Wildman–Crippen LogP) is 7.68. The van der Waals surface area contributed by atoms with Crippen molar-refractivity contribution in [2.24, 2.45) is 10.2 Å². The van der Waals surface area contributed by atoms with Crippen LogP contribution in [0.2, 0.25) is 5.02 Å². The Morgan fingerprint density at radius 3 is 2.32 bits per heavy atom. The zero-order chi connectivity index (χ0) is 22.1. The van der Waals surface area contributed by atoms with Crippen molar-refractivity contribution in [1.82, 2.24) is 0 Å². The molecule has 5 nitrogen and oxygen atoms in total. The Morgan fingerprint density at radius 2 is 1.65 bits per heavy atom. The van der Waals surface area contributed by atoms with Crippen molar-refractivity contribution in [3.63, 3.8) is 0 Å². The average Bonchev–Trinajstić information content (AvgIpc) is 2.78. The number of carbonyl (C=O) groups excluding carboxylic acids is 1. The molecule has 0 spiro atoms. The van der Waals surface area contributed by atoms with Crippen LogP contribution in [0.4, 0.5) is 15.8 Å². The van der Waals surface area contributed by atoms with Crippen molar-refractivity contribution in [2.45, 2.75) is 26.2 Å². The van der Waals surface area contributed by atoms with Crippen molar-refractivity contribution in [3.05, 3.63) is 83.1 Å². The lowest BCUT2D eigenvalue weighted by Crippen LogP contribution is -2.08. The SMILES string of the molecule is CCCCCOc1ccc(C(=O)Oc2ccc(N=Nc3ccc(F)cc3)c(Cl)c2)cc1. The van der Waals surface area contributed by atoms with E-state index in [4.69, 9.17) is 21.1 Å². The van der Waals surface area contributed by atoms with Gasteiger partial charge in [-0.1, -0.05) is 31.4 Å². The molecule has 0 N–H and O–H groups in total. The summed E-state index contributed by atoms with van der Waals surface area (Å²) >= 11 is 6.22. The second kappa shape index (κ2) is 11.2. The molecule has 0 aliphatic carbocycles. The highest BCUT2D eigenvalue weighted by atomic mass is 35.5. The molecule has 0 aliphatic heterocycles. The van der Waals surface area contributed by atoms with E-state index in [0.717, 1.165) is 19.3 Å². The van der Waals surface area contributed by atoms with E-state index in [0.29, 0.717) is 29.3 Å². The van der Waals surface area contributed by atoms with E-state index in [1.54, 1.807) is 36.4 Å². The van der Waals surface area contributed by atoms with Crippen LogP contribution in [0, 0.1) is 5.82 Å². The first-order valence-electron chi connectivity index (χ1n) is 9.97. The number of hydrogen-bond acceptors (Lipinski definition) is 5. The van der Waals surface area contributed by atoms with Crippen molar-refractivity contribution < 1.29 is 18.7 Å². The van der Waals surface area contributed by atoms with Gasteiger partial charge in [0, 0.05) is 6.07 Å². The van der Waals surface area contributed by atoms with Crippen LogP contribution in [-0.4, -0.2) is 12.6 Å². The summed E-state index contributed by atoms with van der Waals surface area (Å²) in [6.07, 6.45) is 3.26. The highest BCUT2D eigenvalue weighted by Gasteiger charge is 2.10. The molecule has 160 valence electrons. The fraction of sp³-hybridized carbons (Fsp3) is 0.208. The Labute approximate surface area is 185 Å². The number of nitrogens with zero attached hydrogens (tertiary/aromatic N) is 2. The van der Waals surface area contributed by atoms with Gasteiger partial charge in [-0.2, -0.15) is 5.11 Å². The quantitative estimate of drug-likeness (QED) is 0.148. The fourth-order valence-electron chi connectivity index (χ4n) is 2.65. The zero-order valence-electron chi connectivity index (χ0n) is 17.1. The van der Waals surface area contributed by atoms with Gasteiger partial charge < -0.3 is 9.47 Å². The first-order chi connectivity index (χ1) is 15.0. The molecule has 0 radical (unpaired) electrons. The number of hydrogen-bond donors (Lipinski definition) is 0. The third-order valence-electron chi connectivity index (χ3n) is 4.34. The van der Waals surface area contributed by atoms with Crippen LogP contribution in [0.3, 0.4) is 0 Å². The lowest BCUT2D eigenvalue weighted by atomic mass is 10.2. The molecule has 3 rings (SSSR count). The van der Waals surface area contributed by atoms with Gasteiger partial charge in [-0.05, 0) is 67.1 Å². The van der Waals surface area contributed by atoms with Crippen LogP contribution in [0.15, 0.2) is 77.0 Å². The second-order valence-electron chi connectivity index (χ2n) is 6.76. The molecule has 0 heterocycles. The van der Waals surface area contributed by atoms with Crippen molar-refractivity contribution >= 4 is 28.9 Å². The van der Waals surface area contributed by atoms with E-state index in [1.807, 2.05) is 0 Å². The maximum Gasteiger partial charge on any atom is 0.343 e. The monoisotopic (exact) mass is 440 g/mol. The van der Waals surface area contributed by atoms with Crippen LogP contribution in [0.1, 0.15) is 36.5 Å². The number of halogens is 2. The van der Waals surface area contributed by atoms with Crippen LogP contribution >= 0.6 is 11.6 Å². The Balaban J connectivity index is 1.58. The van der Waals surface area contributed by atoms with Gasteiger partial charge >= 0.3 is 5.97 Å². The molecule has 0 amide bonds. The molecule has 31 heavy (non-hydrogen) atoms. The van der Waals surface area contributed by atoms with E-state index in [-0.39, 0.29) is 16.6 Å². The minimum atomic E-state index is -0.505. The van der Waals surface area contributed by atoms with Crippen molar-refractivity contribution in [3.8, 4) is 11.5 Å². The van der Waals surface area contributed by atoms with Crippen LogP contribution < -0.4 is 9.47 Å². The molecule has 0 saturated carbocycles. The smallest absolute Gasteiger partial charge is 0.343 e. The Bertz CT molecular complexity index is 1040. The molecule has 0 atom stereocenters. The maximum atomic E-state index is 12.9. The lowest BCUT2D eigenvalue weighted by molar-refractivity contribution is 0.0735. The molecule has 3 aromatic carbocycles. The topological polar surface area (TPSA) is 60.2 Å². The van der Waals surface area contributed by atoms with Gasteiger partial charge in [-0.3, -0.25) is 0 Å². The Morgan fingerprint density at radius 1 is 0.935 bits per heavy atom. The first kappa shape index (κ1) is 22.4. The van der Waals surface area contributed by atoms with E-state index < -0.39 is 5.97 Å². The summed E-state index contributed by atoms with van der Waals surface area (Å²) in [5, 5.41) is 8.33. The molecule has 0 bridgehead atoms. The number of rotatable bonds is 9. The minimum Gasteiger partial charge on any atom is -0.494 e. The third kappa shape index (κ3) is 6.89. The minimum absolute atomic E-state index is 0.270. The molecule has 0 fully saturated rings. The molecule has 7 heteroatoms. The molecule has 3 aromatic rings. The number of carbonyl (C=O) groups is 1. The van der Waals surface area contributed by atoms with E-state index in [1.165, 1.54) is 30.3 Å². The van der Waals surface area contributed by atoms with E-state index in [2.05, 4.69) is 17.2 Å². The van der Waals surface area contributed by atoms with Gasteiger partial charge in [0.15, 0.2) is 0 Å². The molecule has 0 unspecified atom stereocenters. The standard InChI is InChI=1S/C24H22ClFN2O3/c1-2-3-4-15-30-20-11-5-17(6-12-20)24(29)31-21-13-14-23(22(25)16-21)28-27-19-9-7-18(26)8-10-19/h5-14,16H,2-4,15H2,1H3. The predicted molar refractivity (Wildman–Crippen MR) is 118 cm³/mol. The van der Waals surface area contributed by atoms with Crippen molar-refractivity contribution in [1.29, 1.82) is 0 Å². The number of esters is 1. The third-order valence-corrected chi connectivity index (χ3v) is 4.64. The summed E-state index contributed by atoms with van der Waals surface area (Å²) < 4.78 is 24.0.